The summed E-state index contributed by atoms with van der Waals surface area (Å²) < 4.78 is 18.2. The third-order valence-corrected chi connectivity index (χ3v) is 3.05. The highest BCUT2D eigenvalue weighted by Crippen LogP contribution is 2.12. The van der Waals surface area contributed by atoms with Crippen LogP contribution in [-0.2, 0) is 4.74 Å². The van der Waals surface area contributed by atoms with E-state index in [1.807, 2.05) is 0 Å². The number of rotatable bonds is 4. The summed E-state index contributed by atoms with van der Waals surface area (Å²) >= 11 is 5.02. The van der Waals surface area contributed by atoms with Crippen molar-refractivity contribution in [1.82, 2.24) is 5.43 Å². The lowest BCUT2D eigenvalue weighted by molar-refractivity contribution is 0.0600. The first-order chi connectivity index (χ1) is 11.1. The molecule has 23 heavy (non-hydrogen) atoms. The van der Waals surface area contributed by atoms with E-state index in [-0.39, 0.29) is 10.8 Å². The lowest BCUT2D eigenvalue weighted by Crippen LogP contribution is -2.24. The predicted octanol–water partition coefficient (Wildman–Crippen LogP) is 2.93. The van der Waals surface area contributed by atoms with E-state index in [2.05, 4.69) is 15.8 Å². The molecule has 0 heterocycles. The van der Waals surface area contributed by atoms with Gasteiger partial charge in [-0.25, -0.2) is 9.18 Å². The van der Waals surface area contributed by atoms with E-state index in [4.69, 9.17) is 17.0 Å². The summed E-state index contributed by atoms with van der Waals surface area (Å²) in [5, 5.41) is 6.75. The first-order valence-corrected chi connectivity index (χ1v) is 7.04. The summed E-state index contributed by atoms with van der Waals surface area (Å²) in [6.45, 7) is 0. The zero-order valence-electron chi connectivity index (χ0n) is 12.2. The average molecular weight is 331 g/mol. The van der Waals surface area contributed by atoms with Crippen molar-refractivity contribution in [1.29, 1.82) is 0 Å². The van der Waals surface area contributed by atoms with Crippen LogP contribution in [0, 0.1) is 5.82 Å². The maximum Gasteiger partial charge on any atom is 0.338 e. The Balaban J connectivity index is 2.01. The fourth-order valence-electron chi connectivity index (χ4n) is 1.78. The molecule has 0 aliphatic carbocycles. The summed E-state index contributed by atoms with van der Waals surface area (Å²) in [7, 11) is 1.31. The van der Waals surface area contributed by atoms with Crippen LogP contribution < -0.4 is 10.7 Å². The molecule has 0 unspecified atom stereocenters. The zero-order chi connectivity index (χ0) is 16.7. The molecule has 0 spiro atoms. The summed E-state index contributed by atoms with van der Waals surface area (Å²) in [5.74, 6) is -0.879. The van der Waals surface area contributed by atoms with Gasteiger partial charge in [0.25, 0.3) is 0 Å². The molecule has 0 aliphatic heterocycles. The Hall–Kier alpha value is -2.80. The van der Waals surface area contributed by atoms with Gasteiger partial charge in [0.05, 0.1) is 24.6 Å². The molecule has 0 atom stereocenters. The normalized spacial score (nSPS) is 10.3. The molecule has 0 saturated heterocycles. The molecule has 0 fully saturated rings. The quantitative estimate of drug-likeness (QED) is 0.390. The fraction of sp³-hybridized carbons (Fsp3) is 0.0625. The van der Waals surface area contributed by atoms with Crippen molar-refractivity contribution in [2.75, 3.05) is 12.4 Å². The molecule has 0 amide bonds. The van der Waals surface area contributed by atoms with Gasteiger partial charge in [0, 0.05) is 5.56 Å². The van der Waals surface area contributed by atoms with Crippen LogP contribution in [0.15, 0.2) is 53.6 Å². The van der Waals surface area contributed by atoms with Gasteiger partial charge in [-0.15, -0.1) is 0 Å². The maximum atomic E-state index is 13.5. The van der Waals surface area contributed by atoms with Gasteiger partial charge in [0.2, 0.25) is 0 Å². The van der Waals surface area contributed by atoms with E-state index >= 15 is 0 Å². The molecule has 7 heteroatoms. The van der Waals surface area contributed by atoms with Crippen LogP contribution in [0.2, 0.25) is 0 Å². The standard InChI is InChI=1S/C16H14FN3O2S/c1-22-15(21)12-7-3-2-6-11(12)10-18-20-16(23)19-14-9-5-4-8-13(14)17/h2-10H,1H3,(H2,19,20,23)/b18-10-. The smallest absolute Gasteiger partial charge is 0.338 e. The van der Waals surface area contributed by atoms with Gasteiger partial charge in [0.15, 0.2) is 5.11 Å². The number of thiocarbonyl (C=S) groups is 1. The highest BCUT2D eigenvalue weighted by molar-refractivity contribution is 7.80. The number of carbonyl (C=O) groups excluding carboxylic acids is 1. The number of hydrogen-bond acceptors (Lipinski definition) is 4. The highest BCUT2D eigenvalue weighted by atomic mass is 32.1. The number of anilines is 1. The molecule has 2 rings (SSSR count). The van der Waals surface area contributed by atoms with E-state index < -0.39 is 11.8 Å². The van der Waals surface area contributed by atoms with Crippen molar-refractivity contribution < 1.29 is 13.9 Å². The average Bonchev–Trinajstić information content (AvgIpc) is 2.57. The molecule has 0 saturated carbocycles. The number of ether oxygens (including phenoxy) is 1. The number of carbonyl (C=O) groups is 1. The SMILES string of the molecule is COC(=O)c1ccccc1/C=N\NC(=S)Nc1ccccc1F. The summed E-state index contributed by atoms with van der Waals surface area (Å²) in [4.78, 5) is 11.6. The van der Waals surface area contributed by atoms with Crippen molar-refractivity contribution in [3.63, 3.8) is 0 Å². The Kier molecular flexibility index (Phi) is 5.76. The van der Waals surface area contributed by atoms with Crippen LogP contribution in [0.1, 0.15) is 15.9 Å². The molecule has 2 N–H and O–H groups in total. The maximum absolute atomic E-state index is 13.5. The highest BCUT2D eigenvalue weighted by Gasteiger charge is 2.09. The van der Waals surface area contributed by atoms with Crippen molar-refractivity contribution in [2.45, 2.75) is 0 Å². The minimum absolute atomic E-state index is 0.127. The summed E-state index contributed by atoms with van der Waals surface area (Å²) in [6, 6.07) is 13.0. The Labute approximate surface area is 138 Å². The molecule has 2 aromatic carbocycles. The minimum atomic E-state index is -0.459. The number of nitrogens with one attached hydrogen (secondary N) is 2. The number of hydrazone groups is 1. The molecule has 0 radical (unpaired) electrons. The Morgan fingerprint density at radius 3 is 2.65 bits per heavy atom. The molecule has 0 bridgehead atoms. The number of nitrogens with zero attached hydrogens (tertiary/aromatic N) is 1. The Morgan fingerprint density at radius 1 is 1.22 bits per heavy atom. The number of halogens is 1. The van der Waals surface area contributed by atoms with Crippen molar-refractivity contribution >= 4 is 35.2 Å². The van der Waals surface area contributed by atoms with Gasteiger partial charge >= 0.3 is 5.97 Å². The van der Waals surface area contributed by atoms with Crippen LogP contribution in [0.25, 0.3) is 0 Å². The number of para-hydroxylation sites is 1. The van der Waals surface area contributed by atoms with Gasteiger partial charge in [-0.3, -0.25) is 5.43 Å². The molecular formula is C16H14FN3O2S. The number of esters is 1. The zero-order valence-corrected chi connectivity index (χ0v) is 13.1. The number of benzene rings is 2. The van der Waals surface area contributed by atoms with E-state index in [1.165, 1.54) is 19.4 Å². The second-order valence-electron chi connectivity index (χ2n) is 4.38. The topological polar surface area (TPSA) is 62.7 Å². The molecule has 0 aliphatic rings. The molecule has 2 aromatic rings. The van der Waals surface area contributed by atoms with Gasteiger partial charge < -0.3 is 10.1 Å². The lowest BCUT2D eigenvalue weighted by Gasteiger charge is -2.07. The van der Waals surface area contributed by atoms with Crippen LogP contribution in [0.4, 0.5) is 10.1 Å². The second kappa shape index (κ2) is 8.00. The molecule has 118 valence electrons. The predicted molar refractivity (Wildman–Crippen MR) is 91.1 cm³/mol. The van der Waals surface area contributed by atoms with Crippen molar-refractivity contribution in [3.8, 4) is 0 Å². The van der Waals surface area contributed by atoms with Gasteiger partial charge in [-0.1, -0.05) is 30.3 Å². The lowest BCUT2D eigenvalue weighted by atomic mass is 10.1. The van der Waals surface area contributed by atoms with E-state index in [0.717, 1.165) is 0 Å². The summed E-state index contributed by atoms with van der Waals surface area (Å²) in [5.41, 5.74) is 3.76. The summed E-state index contributed by atoms with van der Waals surface area (Å²) in [6.07, 6.45) is 1.43. The van der Waals surface area contributed by atoms with Gasteiger partial charge in [0.1, 0.15) is 5.82 Å². The first kappa shape index (κ1) is 16.6. The van der Waals surface area contributed by atoms with Crippen LogP contribution >= 0.6 is 12.2 Å². The first-order valence-electron chi connectivity index (χ1n) is 6.63. The minimum Gasteiger partial charge on any atom is -0.465 e. The van der Waals surface area contributed by atoms with E-state index in [9.17, 15) is 9.18 Å². The Bertz CT molecular complexity index is 750. The largest absolute Gasteiger partial charge is 0.465 e. The third-order valence-electron chi connectivity index (χ3n) is 2.86. The van der Waals surface area contributed by atoms with E-state index in [1.54, 1.807) is 42.5 Å². The molecule has 5 nitrogen and oxygen atoms in total. The van der Waals surface area contributed by atoms with Crippen LogP contribution in [0.3, 0.4) is 0 Å². The second-order valence-corrected chi connectivity index (χ2v) is 4.79. The van der Waals surface area contributed by atoms with Gasteiger partial charge in [-0.2, -0.15) is 5.10 Å². The van der Waals surface area contributed by atoms with Crippen LogP contribution in [0.5, 0.6) is 0 Å². The fourth-order valence-corrected chi connectivity index (χ4v) is 1.94. The Morgan fingerprint density at radius 2 is 1.91 bits per heavy atom. The number of methoxy groups -OCH3 is 1. The number of hydrogen-bond donors (Lipinski definition) is 2. The van der Waals surface area contributed by atoms with Crippen LogP contribution in [-0.4, -0.2) is 24.4 Å². The van der Waals surface area contributed by atoms with Crippen molar-refractivity contribution in [3.05, 3.63) is 65.5 Å². The molecular weight excluding hydrogens is 317 g/mol. The van der Waals surface area contributed by atoms with E-state index in [0.29, 0.717) is 11.1 Å². The molecule has 0 aromatic heterocycles. The van der Waals surface area contributed by atoms with Crippen molar-refractivity contribution in [2.24, 2.45) is 5.10 Å². The monoisotopic (exact) mass is 331 g/mol. The third kappa shape index (κ3) is 4.58. The van der Waals surface area contributed by atoms with Gasteiger partial charge in [-0.05, 0) is 30.4 Å².